The van der Waals surface area contributed by atoms with E-state index < -0.39 is 0 Å². The highest BCUT2D eigenvalue weighted by Crippen LogP contribution is 2.08. The van der Waals surface area contributed by atoms with Crippen LogP contribution in [-0.4, -0.2) is 30.0 Å². The molecule has 0 unspecified atom stereocenters. The largest absolute Gasteiger partial charge is 0.278 e. The van der Waals surface area contributed by atoms with Gasteiger partial charge in [-0.3, -0.25) is 9.89 Å². The molecule has 0 atom stereocenters. The van der Waals surface area contributed by atoms with Gasteiger partial charge in [-0.2, -0.15) is 0 Å². The minimum absolute atomic E-state index is 1.20. The highest BCUT2D eigenvalue weighted by atomic mass is 15.1. The van der Waals surface area contributed by atoms with Crippen molar-refractivity contribution < 1.29 is 4.58 Å². The number of hydrogen-bond acceptors (Lipinski definition) is 1. The van der Waals surface area contributed by atoms with E-state index >= 15 is 0 Å². The molecule has 11 heavy (non-hydrogen) atoms. The average Bonchev–Trinajstić information content (AvgIpc) is 2.28. The van der Waals surface area contributed by atoms with E-state index in [0.29, 0.717) is 0 Å². The third kappa shape index (κ3) is 1.55. The molecule has 2 heterocycles. The van der Waals surface area contributed by atoms with Crippen molar-refractivity contribution in [2.24, 2.45) is 0 Å². The monoisotopic (exact) mass is 153 g/mol. The van der Waals surface area contributed by atoms with E-state index in [-0.39, 0.29) is 0 Å². The van der Waals surface area contributed by atoms with Crippen LogP contribution in [0, 0.1) is 0 Å². The third-order valence-electron chi connectivity index (χ3n) is 2.66. The van der Waals surface area contributed by atoms with Crippen LogP contribution in [0.15, 0.2) is 0 Å². The number of nitrogens with zero attached hydrogens (tertiary/aromatic N) is 1. The first-order valence-corrected chi connectivity index (χ1v) is 4.81. The summed E-state index contributed by atoms with van der Waals surface area (Å²) in [7, 11) is 0. The molecular weight excluding hydrogens is 136 g/mol. The summed E-state index contributed by atoms with van der Waals surface area (Å²) in [4.78, 5) is 0. The van der Waals surface area contributed by atoms with Gasteiger partial charge in [0.2, 0.25) is 5.84 Å². The van der Waals surface area contributed by atoms with Crippen LogP contribution in [0.4, 0.5) is 0 Å². The molecule has 0 spiro atoms. The zero-order valence-electron chi connectivity index (χ0n) is 7.10. The summed E-state index contributed by atoms with van der Waals surface area (Å²) in [5.41, 5.74) is 0. The van der Waals surface area contributed by atoms with Gasteiger partial charge in [0.1, 0.15) is 0 Å². The molecular formula is C9H17N2+. The zero-order chi connectivity index (χ0) is 7.52. The van der Waals surface area contributed by atoms with Crippen LogP contribution in [-0.2, 0) is 0 Å². The van der Waals surface area contributed by atoms with E-state index in [4.69, 9.17) is 0 Å². The van der Waals surface area contributed by atoms with Crippen LogP contribution in [0.3, 0.4) is 0 Å². The van der Waals surface area contributed by atoms with Gasteiger partial charge in [-0.25, -0.2) is 0 Å². The van der Waals surface area contributed by atoms with E-state index in [9.17, 15) is 0 Å². The lowest BCUT2D eigenvalue weighted by Crippen LogP contribution is -2.40. The molecule has 0 radical (unpaired) electrons. The number of hydrogen-bond donors (Lipinski definition) is 1. The molecule has 0 bridgehead atoms. The van der Waals surface area contributed by atoms with Crippen molar-refractivity contribution in [2.45, 2.75) is 32.1 Å². The fraction of sp³-hybridized carbons (Fsp3) is 0.889. The van der Waals surface area contributed by atoms with E-state index in [1.165, 1.54) is 57.6 Å². The molecule has 0 saturated heterocycles. The fourth-order valence-corrected chi connectivity index (χ4v) is 2.01. The normalized spacial score (nSPS) is 25.5. The molecule has 62 valence electrons. The summed E-state index contributed by atoms with van der Waals surface area (Å²) in [6.07, 6.45) is 6.81. The van der Waals surface area contributed by atoms with Crippen LogP contribution in [0.5, 0.6) is 0 Å². The second kappa shape index (κ2) is 3.24. The summed E-state index contributed by atoms with van der Waals surface area (Å²) < 4.78 is 2.54. The molecule has 2 nitrogen and oxygen atoms in total. The lowest BCUT2D eigenvalue weighted by molar-refractivity contribution is -0.534. The van der Waals surface area contributed by atoms with Crippen LogP contribution in [0.25, 0.3) is 0 Å². The topological polar surface area (TPSA) is 15.0 Å². The van der Waals surface area contributed by atoms with Gasteiger partial charge in [0, 0.05) is 12.8 Å². The fourth-order valence-electron chi connectivity index (χ4n) is 2.01. The highest BCUT2D eigenvalue weighted by molar-refractivity contribution is 5.77. The molecule has 0 aromatic carbocycles. The predicted molar refractivity (Wildman–Crippen MR) is 46.1 cm³/mol. The SMILES string of the molecule is C1CCC2=[N+](CC1)CCCN2. The second-order valence-corrected chi connectivity index (χ2v) is 3.52. The maximum atomic E-state index is 3.50. The van der Waals surface area contributed by atoms with Gasteiger partial charge in [0.25, 0.3) is 0 Å². The number of nitrogens with one attached hydrogen (secondary N) is 1. The van der Waals surface area contributed by atoms with Gasteiger partial charge in [0.15, 0.2) is 0 Å². The van der Waals surface area contributed by atoms with Gasteiger partial charge < -0.3 is 0 Å². The van der Waals surface area contributed by atoms with Crippen LogP contribution >= 0.6 is 0 Å². The number of amidine groups is 1. The van der Waals surface area contributed by atoms with Crippen molar-refractivity contribution in [3.63, 3.8) is 0 Å². The van der Waals surface area contributed by atoms with Gasteiger partial charge in [-0.1, -0.05) is 0 Å². The maximum Gasteiger partial charge on any atom is 0.244 e. The first-order chi connectivity index (χ1) is 5.47. The zero-order valence-corrected chi connectivity index (χ0v) is 7.10. The lowest BCUT2D eigenvalue weighted by atomic mass is 10.2. The highest BCUT2D eigenvalue weighted by Gasteiger charge is 2.19. The molecule has 0 aromatic heterocycles. The third-order valence-corrected chi connectivity index (χ3v) is 2.66. The Labute approximate surface area is 68.3 Å². The molecule has 0 saturated carbocycles. The quantitative estimate of drug-likeness (QED) is 0.512. The second-order valence-electron chi connectivity index (χ2n) is 3.52. The van der Waals surface area contributed by atoms with Gasteiger partial charge >= 0.3 is 0 Å². The van der Waals surface area contributed by atoms with E-state index in [1.807, 2.05) is 0 Å². The smallest absolute Gasteiger partial charge is 0.244 e. The van der Waals surface area contributed by atoms with Gasteiger partial charge in [0.05, 0.1) is 19.6 Å². The first-order valence-electron chi connectivity index (χ1n) is 4.81. The van der Waals surface area contributed by atoms with Crippen molar-refractivity contribution in [1.29, 1.82) is 0 Å². The standard InChI is InChI=1S/C9H16N2/c1-2-5-9-10-6-4-8-11(9)7-3-1/h1-8H2/p+1. The Hall–Kier alpha value is -0.530. The Balaban J connectivity index is 2.10. The minimum atomic E-state index is 1.20. The van der Waals surface area contributed by atoms with E-state index in [0.717, 1.165) is 0 Å². The van der Waals surface area contributed by atoms with Crippen LogP contribution in [0.2, 0.25) is 0 Å². The van der Waals surface area contributed by atoms with Crippen LogP contribution in [0.1, 0.15) is 32.1 Å². The van der Waals surface area contributed by atoms with Crippen molar-refractivity contribution in [3.05, 3.63) is 0 Å². The van der Waals surface area contributed by atoms with Gasteiger partial charge in [-0.15, -0.1) is 0 Å². The molecule has 2 aliphatic rings. The molecule has 1 N–H and O–H groups in total. The summed E-state index contributed by atoms with van der Waals surface area (Å²) in [5, 5.41) is 3.50. The van der Waals surface area contributed by atoms with Crippen molar-refractivity contribution >= 4 is 5.84 Å². The lowest BCUT2D eigenvalue weighted by Gasteiger charge is -2.14. The van der Waals surface area contributed by atoms with E-state index in [1.54, 1.807) is 0 Å². The molecule has 2 aliphatic heterocycles. The van der Waals surface area contributed by atoms with Crippen molar-refractivity contribution in [2.75, 3.05) is 19.6 Å². The minimum Gasteiger partial charge on any atom is -0.278 e. The number of rotatable bonds is 0. The Morgan fingerprint density at radius 2 is 1.91 bits per heavy atom. The molecule has 0 aromatic rings. The predicted octanol–water partition coefficient (Wildman–Crippen LogP) is 0.965. The Morgan fingerprint density at radius 3 is 2.91 bits per heavy atom. The van der Waals surface area contributed by atoms with Crippen LogP contribution < -0.4 is 5.32 Å². The molecule has 0 amide bonds. The summed E-state index contributed by atoms with van der Waals surface area (Å²) in [6, 6.07) is 0. The Kier molecular flexibility index (Phi) is 2.11. The molecule has 2 heteroatoms. The summed E-state index contributed by atoms with van der Waals surface area (Å²) >= 11 is 0. The summed E-state index contributed by atoms with van der Waals surface area (Å²) in [6.45, 7) is 3.79. The molecule has 0 aliphatic carbocycles. The Bertz CT molecular complexity index is 154. The molecule has 2 rings (SSSR count). The average molecular weight is 153 g/mol. The van der Waals surface area contributed by atoms with Crippen molar-refractivity contribution in [3.8, 4) is 0 Å². The van der Waals surface area contributed by atoms with Crippen molar-refractivity contribution in [1.82, 2.24) is 5.32 Å². The van der Waals surface area contributed by atoms with E-state index in [2.05, 4.69) is 9.89 Å². The maximum absolute atomic E-state index is 3.50. The summed E-state index contributed by atoms with van der Waals surface area (Å²) in [5.74, 6) is 1.52. The molecule has 0 fully saturated rings. The first kappa shape index (κ1) is 7.14. The van der Waals surface area contributed by atoms with Gasteiger partial charge in [-0.05, 0) is 19.3 Å². The Morgan fingerprint density at radius 1 is 1.00 bits per heavy atom.